The molecule has 0 N–H and O–H groups in total. The quantitative estimate of drug-likeness (QED) is 0.213. The fraction of sp³-hybridized carbons (Fsp3) is 0.214. The molecule has 0 amide bonds. The van der Waals surface area contributed by atoms with Crippen LogP contribution in [-0.4, -0.2) is 9.13 Å². The van der Waals surface area contributed by atoms with E-state index in [0.29, 0.717) is 0 Å². The fourth-order valence-electron chi connectivity index (χ4n) is 4.62. The number of rotatable bonds is 3. The summed E-state index contributed by atoms with van der Waals surface area (Å²) in [7, 11) is 4.27. The predicted molar refractivity (Wildman–Crippen MR) is 148 cm³/mol. The van der Waals surface area contributed by atoms with Crippen LogP contribution in [0.25, 0.3) is 21.8 Å². The minimum atomic E-state index is 0.101. The Morgan fingerprint density at radius 2 is 1.06 bits per heavy atom. The minimum Gasteiger partial charge on any atom is -0.329 e. The third-order valence-electron chi connectivity index (χ3n) is 6.45. The summed E-state index contributed by atoms with van der Waals surface area (Å²) in [4.78, 5) is 2.35. The molecule has 0 aliphatic heterocycles. The van der Waals surface area contributed by atoms with Gasteiger partial charge < -0.3 is 9.13 Å². The molecule has 2 aromatic heterocycles. The lowest BCUT2D eigenvalue weighted by atomic mass is 9.87. The van der Waals surface area contributed by atoms with E-state index in [-0.39, 0.29) is 5.41 Å². The number of fused-ring (bicyclic) bond motifs is 2. The fourth-order valence-corrected chi connectivity index (χ4v) is 6.18. The van der Waals surface area contributed by atoms with Crippen molar-refractivity contribution < 1.29 is 0 Å². The van der Waals surface area contributed by atoms with Gasteiger partial charge in [-0.15, -0.1) is 0 Å². The second-order valence-electron chi connectivity index (χ2n) is 9.56. The molecule has 0 bridgehead atoms. The number of benzene rings is 3. The summed E-state index contributed by atoms with van der Waals surface area (Å²) < 4.78 is 6.69. The van der Waals surface area contributed by atoms with Crippen molar-refractivity contribution in [1.29, 1.82) is 0 Å². The van der Waals surface area contributed by atoms with Gasteiger partial charge in [0.25, 0.3) is 0 Å². The Kier molecular flexibility index (Phi) is 5.45. The molecule has 0 atom stereocenters. The van der Waals surface area contributed by atoms with Gasteiger partial charge >= 0.3 is 0 Å². The SMILES string of the molecule is Cn1c(N(c2ccc(C(C)(C)C)cc2)c2c(Br)c3ccccc3n2C)c(Br)c2ccccc21. The van der Waals surface area contributed by atoms with Gasteiger partial charge in [0.05, 0.1) is 20.0 Å². The maximum absolute atomic E-state index is 3.95. The van der Waals surface area contributed by atoms with Gasteiger partial charge in [0.2, 0.25) is 0 Å². The maximum Gasteiger partial charge on any atom is 0.134 e. The Morgan fingerprint density at radius 1 is 0.636 bits per heavy atom. The summed E-state index contributed by atoms with van der Waals surface area (Å²) in [6.45, 7) is 6.75. The molecule has 0 fully saturated rings. The summed E-state index contributed by atoms with van der Waals surface area (Å²) in [5.41, 5.74) is 4.90. The molecule has 5 heteroatoms. The molecule has 0 radical (unpaired) electrons. The monoisotopic (exact) mass is 563 g/mol. The third kappa shape index (κ3) is 3.53. The maximum atomic E-state index is 3.95. The lowest BCUT2D eigenvalue weighted by Gasteiger charge is -2.28. The lowest BCUT2D eigenvalue weighted by Crippen LogP contribution is -2.18. The van der Waals surface area contributed by atoms with Crippen LogP contribution in [0.2, 0.25) is 0 Å². The number of halogens is 2. The Hall–Kier alpha value is -2.50. The van der Waals surface area contributed by atoms with E-state index in [1.165, 1.54) is 27.4 Å². The molecule has 3 nitrogen and oxygen atoms in total. The number of aryl methyl sites for hydroxylation is 2. The highest BCUT2D eigenvalue weighted by Crippen LogP contribution is 2.48. The van der Waals surface area contributed by atoms with E-state index < -0.39 is 0 Å². The molecule has 3 aromatic carbocycles. The van der Waals surface area contributed by atoms with Gasteiger partial charge in [-0.3, -0.25) is 4.90 Å². The average molecular weight is 565 g/mol. The first-order valence-electron chi connectivity index (χ1n) is 11.1. The summed E-state index contributed by atoms with van der Waals surface area (Å²) in [6.07, 6.45) is 0. The van der Waals surface area contributed by atoms with Crippen molar-refractivity contribution in [2.45, 2.75) is 26.2 Å². The smallest absolute Gasteiger partial charge is 0.134 e. The molecular weight excluding hydrogens is 538 g/mol. The van der Waals surface area contributed by atoms with Crippen LogP contribution < -0.4 is 4.90 Å². The Bertz CT molecular complexity index is 1320. The topological polar surface area (TPSA) is 13.1 Å². The molecule has 0 aliphatic carbocycles. The average Bonchev–Trinajstić information content (AvgIpc) is 3.20. The third-order valence-corrected chi connectivity index (χ3v) is 8.01. The van der Waals surface area contributed by atoms with E-state index in [1.54, 1.807) is 0 Å². The molecule has 0 saturated heterocycles. The first kappa shape index (κ1) is 22.3. The molecular formula is C28H27Br2N3. The van der Waals surface area contributed by atoms with E-state index in [4.69, 9.17) is 0 Å². The van der Waals surface area contributed by atoms with Crippen LogP contribution in [0.15, 0.2) is 81.7 Å². The van der Waals surface area contributed by atoms with Gasteiger partial charge in [0, 0.05) is 30.6 Å². The van der Waals surface area contributed by atoms with Crippen LogP contribution >= 0.6 is 31.9 Å². The molecule has 0 spiro atoms. The van der Waals surface area contributed by atoms with Crippen LogP contribution in [0.5, 0.6) is 0 Å². The number of para-hydroxylation sites is 2. The van der Waals surface area contributed by atoms with E-state index in [0.717, 1.165) is 26.3 Å². The second kappa shape index (κ2) is 8.07. The Morgan fingerprint density at radius 3 is 1.45 bits per heavy atom. The number of hydrogen-bond donors (Lipinski definition) is 0. The molecule has 0 aliphatic rings. The molecule has 2 heterocycles. The van der Waals surface area contributed by atoms with E-state index in [2.05, 4.69) is 154 Å². The first-order chi connectivity index (χ1) is 15.7. The van der Waals surface area contributed by atoms with Gasteiger partial charge in [0.15, 0.2) is 0 Å². The molecule has 0 saturated carbocycles. The highest BCUT2D eigenvalue weighted by atomic mass is 79.9. The summed E-state index contributed by atoms with van der Waals surface area (Å²) >= 11 is 7.90. The van der Waals surface area contributed by atoms with Gasteiger partial charge in [-0.1, -0.05) is 69.3 Å². The first-order valence-corrected chi connectivity index (χ1v) is 12.6. The molecule has 168 valence electrons. The van der Waals surface area contributed by atoms with Gasteiger partial charge in [-0.05, 0) is 67.1 Å². The van der Waals surface area contributed by atoms with Gasteiger partial charge in [0.1, 0.15) is 11.6 Å². The molecule has 5 aromatic rings. The molecule has 0 unspecified atom stereocenters. The van der Waals surface area contributed by atoms with Crippen LogP contribution in [0.4, 0.5) is 17.3 Å². The lowest BCUT2D eigenvalue weighted by molar-refractivity contribution is 0.590. The predicted octanol–water partition coefficient (Wildman–Crippen LogP) is 8.96. The number of hydrogen-bond acceptors (Lipinski definition) is 1. The molecule has 33 heavy (non-hydrogen) atoms. The highest BCUT2D eigenvalue weighted by Gasteiger charge is 2.27. The zero-order valence-corrected chi connectivity index (χ0v) is 22.7. The highest BCUT2D eigenvalue weighted by molar-refractivity contribution is 9.11. The second-order valence-corrected chi connectivity index (χ2v) is 11.1. The van der Waals surface area contributed by atoms with Crippen molar-refractivity contribution >= 4 is 71.0 Å². The van der Waals surface area contributed by atoms with E-state index >= 15 is 0 Å². The summed E-state index contributed by atoms with van der Waals surface area (Å²) in [5.74, 6) is 2.18. The van der Waals surface area contributed by atoms with Crippen LogP contribution in [0.1, 0.15) is 26.3 Å². The van der Waals surface area contributed by atoms with Crippen molar-refractivity contribution in [2.24, 2.45) is 14.1 Å². The number of anilines is 3. The van der Waals surface area contributed by atoms with Crippen LogP contribution in [-0.2, 0) is 19.5 Å². The van der Waals surface area contributed by atoms with Crippen molar-refractivity contribution in [2.75, 3.05) is 4.90 Å². The largest absolute Gasteiger partial charge is 0.329 e. The zero-order chi connectivity index (χ0) is 23.5. The van der Waals surface area contributed by atoms with Crippen molar-refractivity contribution in [3.63, 3.8) is 0 Å². The summed E-state index contributed by atoms with van der Waals surface area (Å²) in [5, 5.41) is 2.39. The minimum absolute atomic E-state index is 0.101. The number of nitrogens with zero attached hydrogens (tertiary/aromatic N) is 3. The van der Waals surface area contributed by atoms with Crippen molar-refractivity contribution in [1.82, 2.24) is 9.13 Å². The van der Waals surface area contributed by atoms with E-state index in [9.17, 15) is 0 Å². The standard InChI is InChI=1S/C28H27Br2N3/c1-28(2,3)18-14-16-19(17-15-18)33(26-24(29)20-10-6-8-12-22(20)31(26)4)27-25(30)21-11-7-9-13-23(21)32(27)5/h6-17H,1-5H3. The number of aromatic nitrogens is 2. The van der Waals surface area contributed by atoms with Crippen LogP contribution in [0, 0.1) is 0 Å². The van der Waals surface area contributed by atoms with Crippen molar-refractivity contribution in [3.05, 3.63) is 87.3 Å². The Balaban J connectivity index is 1.84. The van der Waals surface area contributed by atoms with Crippen LogP contribution in [0.3, 0.4) is 0 Å². The molecule has 5 rings (SSSR count). The van der Waals surface area contributed by atoms with Crippen molar-refractivity contribution in [3.8, 4) is 0 Å². The van der Waals surface area contributed by atoms with E-state index in [1.807, 2.05) is 0 Å². The van der Waals surface area contributed by atoms with Gasteiger partial charge in [-0.2, -0.15) is 0 Å². The Labute approximate surface area is 211 Å². The summed E-state index contributed by atoms with van der Waals surface area (Å²) in [6, 6.07) is 26.0. The normalized spacial score (nSPS) is 12.1. The van der Waals surface area contributed by atoms with Gasteiger partial charge in [-0.25, -0.2) is 0 Å². The zero-order valence-electron chi connectivity index (χ0n) is 19.5.